The number of carbonyl (C=O) groups excluding carboxylic acids is 1. The van der Waals surface area contributed by atoms with Crippen LogP contribution in [0, 0.1) is 5.92 Å². The first-order valence-corrected chi connectivity index (χ1v) is 5.72. The van der Waals surface area contributed by atoms with E-state index in [1.165, 1.54) is 11.8 Å². The summed E-state index contributed by atoms with van der Waals surface area (Å²) >= 11 is 1.44. The van der Waals surface area contributed by atoms with Crippen molar-refractivity contribution in [2.75, 3.05) is 12.8 Å². The Bertz CT molecular complexity index is 207. The Hall–Kier alpha value is -0.710. The van der Waals surface area contributed by atoms with Crippen molar-refractivity contribution in [3.8, 4) is 0 Å². The lowest BCUT2D eigenvalue weighted by Gasteiger charge is -2.10. The Morgan fingerprint density at radius 3 is 2.71 bits per heavy atom. The molecule has 0 bridgehead atoms. The Morgan fingerprint density at radius 1 is 1.64 bits per heavy atom. The van der Waals surface area contributed by atoms with Gasteiger partial charge in [0, 0.05) is 7.05 Å². The van der Waals surface area contributed by atoms with E-state index in [9.17, 15) is 4.79 Å². The first-order chi connectivity index (χ1) is 6.67. The van der Waals surface area contributed by atoms with Crippen LogP contribution in [-0.4, -0.2) is 29.0 Å². The van der Waals surface area contributed by atoms with Gasteiger partial charge in [0.25, 0.3) is 0 Å². The van der Waals surface area contributed by atoms with Crippen LogP contribution in [0.2, 0.25) is 0 Å². The summed E-state index contributed by atoms with van der Waals surface area (Å²) in [6.45, 7) is 3.82. The first-order valence-electron chi connectivity index (χ1n) is 4.73. The average molecular weight is 218 g/mol. The summed E-state index contributed by atoms with van der Waals surface area (Å²) < 4.78 is 0. The monoisotopic (exact) mass is 218 g/mol. The van der Waals surface area contributed by atoms with E-state index in [0.29, 0.717) is 5.04 Å². The van der Waals surface area contributed by atoms with Gasteiger partial charge in [-0.15, -0.1) is 11.8 Å². The van der Waals surface area contributed by atoms with Crippen molar-refractivity contribution in [3.63, 3.8) is 0 Å². The first kappa shape index (κ1) is 13.3. The molecule has 0 heterocycles. The summed E-state index contributed by atoms with van der Waals surface area (Å²) in [5, 5.41) is 14.9. The summed E-state index contributed by atoms with van der Waals surface area (Å²) in [5.41, 5.74) is 0. The minimum atomic E-state index is -0.369. The SMILES string of the molecule is CCCCS/C(=N/O)C(C)C(=O)NC. The van der Waals surface area contributed by atoms with Crippen LogP contribution >= 0.6 is 11.8 Å². The van der Waals surface area contributed by atoms with Crippen molar-refractivity contribution in [1.82, 2.24) is 5.32 Å². The average Bonchev–Trinajstić information content (AvgIpc) is 2.22. The van der Waals surface area contributed by atoms with Gasteiger partial charge in [0.2, 0.25) is 5.91 Å². The largest absolute Gasteiger partial charge is 0.410 e. The van der Waals surface area contributed by atoms with Gasteiger partial charge in [0.1, 0.15) is 5.04 Å². The molecular formula is C9H18N2O2S. The molecule has 0 saturated carbocycles. The third kappa shape index (κ3) is 4.50. The molecule has 1 unspecified atom stereocenters. The minimum Gasteiger partial charge on any atom is -0.410 e. The van der Waals surface area contributed by atoms with E-state index in [-0.39, 0.29) is 11.8 Å². The molecule has 82 valence electrons. The van der Waals surface area contributed by atoms with Gasteiger partial charge in [-0.2, -0.15) is 0 Å². The van der Waals surface area contributed by atoms with Gasteiger partial charge in [-0.25, -0.2) is 0 Å². The van der Waals surface area contributed by atoms with Gasteiger partial charge in [-0.05, 0) is 19.1 Å². The molecule has 5 heteroatoms. The maximum absolute atomic E-state index is 11.2. The van der Waals surface area contributed by atoms with Crippen LogP contribution in [0.3, 0.4) is 0 Å². The number of thioether (sulfide) groups is 1. The maximum Gasteiger partial charge on any atom is 0.229 e. The second kappa shape index (κ2) is 7.67. The Balaban J connectivity index is 4.07. The molecular weight excluding hydrogens is 200 g/mol. The molecule has 0 aromatic heterocycles. The number of hydrogen-bond acceptors (Lipinski definition) is 4. The van der Waals surface area contributed by atoms with E-state index in [2.05, 4.69) is 17.4 Å². The van der Waals surface area contributed by atoms with Crippen molar-refractivity contribution >= 4 is 22.7 Å². The molecule has 0 aromatic rings. The smallest absolute Gasteiger partial charge is 0.229 e. The fourth-order valence-electron chi connectivity index (χ4n) is 0.890. The van der Waals surface area contributed by atoms with Gasteiger partial charge < -0.3 is 10.5 Å². The van der Waals surface area contributed by atoms with Crippen LogP contribution in [-0.2, 0) is 4.79 Å². The van der Waals surface area contributed by atoms with Crippen molar-refractivity contribution in [3.05, 3.63) is 0 Å². The molecule has 0 radical (unpaired) electrons. The third-order valence-electron chi connectivity index (χ3n) is 1.86. The number of amides is 1. The molecule has 14 heavy (non-hydrogen) atoms. The lowest BCUT2D eigenvalue weighted by Crippen LogP contribution is -2.29. The van der Waals surface area contributed by atoms with E-state index < -0.39 is 0 Å². The third-order valence-corrected chi connectivity index (χ3v) is 3.08. The van der Waals surface area contributed by atoms with Crippen molar-refractivity contribution in [2.45, 2.75) is 26.7 Å². The van der Waals surface area contributed by atoms with Gasteiger partial charge in [0.15, 0.2) is 0 Å². The van der Waals surface area contributed by atoms with Crippen LogP contribution in [0.4, 0.5) is 0 Å². The van der Waals surface area contributed by atoms with Crippen LogP contribution in [0.25, 0.3) is 0 Å². The summed E-state index contributed by atoms with van der Waals surface area (Å²) in [6, 6.07) is 0. The van der Waals surface area contributed by atoms with Crippen LogP contribution in [0.1, 0.15) is 26.7 Å². The van der Waals surface area contributed by atoms with E-state index >= 15 is 0 Å². The van der Waals surface area contributed by atoms with E-state index in [0.717, 1.165) is 18.6 Å². The second-order valence-corrected chi connectivity index (χ2v) is 4.09. The summed E-state index contributed by atoms with van der Waals surface area (Å²) in [6.07, 6.45) is 2.16. The lowest BCUT2D eigenvalue weighted by atomic mass is 10.2. The van der Waals surface area contributed by atoms with Crippen LogP contribution < -0.4 is 5.32 Å². The predicted molar refractivity (Wildman–Crippen MR) is 59.8 cm³/mol. The highest BCUT2D eigenvalue weighted by Crippen LogP contribution is 2.14. The number of nitrogens with one attached hydrogen (secondary N) is 1. The van der Waals surface area contributed by atoms with Crippen LogP contribution in [0.15, 0.2) is 5.16 Å². The fraction of sp³-hybridized carbons (Fsp3) is 0.778. The van der Waals surface area contributed by atoms with E-state index in [1.54, 1.807) is 14.0 Å². The summed E-state index contributed by atoms with van der Waals surface area (Å²) in [5.74, 6) is 0.394. The number of carbonyl (C=O) groups is 1. The predicted octanol–water partition coefficient (Wildman–Crippen LogP) is 1.69. The molecule has 0 saturated heterocycles. The zero-order chi connectivity index (χ0) is 11.0. The molecule has 1 amide bonds. The number of unbranched alkanes of at least 4 members (excludes halogenated alkanes) is 1. The molecule has 0 aliphatic carbocycles. The highest BCUT2D eigenvalue weighted by Gasteiger charge is 2.18. The Labute approximate surface area is 89.1 Å². The maximum atomic E-state index is 11.2. The molecule has 0 fully saturated rings. The zero-order valence-electron chi connectivity index (χ0n) is 8.91. The highest BCUT2D eigenvalue weighted by molar-refractivity contribution is 8.14. The number of oxime groups is 1. The number of nitrogens with zero attached hydrogens (tertiary/aromatic N) is 1. The van der Waals surface area contributed by atoms with Gasteiger partial charge >= 0.3 is 0 Å². The molecule has 0 aliphatic rings. The topological polar surface area (TPSA) is 61.7 Å². The summed E-state index contributed by atoms with van der Waals surface area (Å²) in [4.78, 5) is 11.2. The van der Waals surface area contributed by atoms with Gasteiger partial charge in [-0.3, -0.25) is 4.79 Å². The molecule has 0 rings (SSSR count). The molecule has 0 spiro atoms. The van der Waals surface area contributed by atoms with E-state index in [4.69, 9.17) is 5.21 Å². The second-order valence-electron chi connectivity index (χ2n) is 2.98. The van der Waals surface area contributed by atoms with E-state index in [1.807, 2.05) is 0 Å². The van der Waals surface area contributed by atoms with Crippen LogP contribution in [0.5, 0.6) is 0 Å². The van der Waals surface area contributed by atoms with Crippen molar-refractivity contribution < 1.29 is 10.0 Å². The minimum absolute atomic E-state index is 0.123. The normalized spacial score (nSPS) is 13.8. The number of hydrogen-bond donors (Lipinski definition) is 2. The molecule has 1 atom stereocenters. The molecule has 0 aliphatic heterocycles. The molecule has 2 N–H and O–H groups in total. The molecule has 4 nitrogen and oxygen atoms in total. The van der Waals surface area contributed by atoms with Crippen molar-refractivity contribution in [2.24, 2.45) is 11.1 Å². The Morgan fingerprint density at radius 2 is 2.29 bits per heavy atom. The standard InChI is InChI=1S/C9H18N2O2S/c1-4-5-6-14-9(11-13)7(2)8(12)10-3/h7,13H,4-6H2,1-3H3,(H,10,12)/b11-9+. The van der Waals surface area contributed by atoms with Crippen molar-refractivity contribution in [1.29, 1.82) is 0 Å². The van der Waals surface area contributed by atoms with Gasteiger partial charge in [-0.1, -0.05) is 18.5 Å². The quantitative estimate of drug-likeness (QED) is 0.243. The molecule has 0 aromatic carbocycles. The lowest BCUT2D eigenvalue weighted by molar-refractivity contribution is -0.122. The highest BCUT2D eigenvalue weighted by atomic mass is 32.2. The number of rotatable bonds is 5. The summed E-state index contributed by atoms with van der Waals surface area (Å²) in [7, 11) is 1.57. The van der Waals surface area contributed by atoms with Gasteiger partial charge in [0.05, 0.1) is 5.92 Å². The Kier molecular flexibility index (Phi) is 7.28. The fourth-order valence-corrected chi connectivity index (χ4v) is 1.95. The zero-order valence-corrected chi connectivity index (χ0v) is 9.73.